The van der Waals surface area contributed by atoms with Crippen LogP contribution in [0.4, 0.5) is 15.9 Å². The number of hydrogen-bond donors (Lipinski definition) is 2. The van der Waals surface area contributed by atoms with Gasteiger partial charge in [0.25, 0.3) is 0 Å². The maximum atomic E-state index is 13.0. The van der Waals surface area contributed by atoms with Crippen LogP contribution in [0.5, 0.6) is 0 Å². The fourth-order valence-corrected chi connectivity index (χ4v) is 2.43. The molecule has 0 aliphatic carbocycles. The normalized spacial score (nSPS) is 16.9. The molecule has 1 aromatic heterocycles. The predicted octanol–water partition coefficient (Wildman–Crippen LogP) is 2.76. The van der Waals surface area contributed by atoms with Crippen molar-refractivity contribution in [2.45, 2.75) is 12.3 Å². The first-order chi connectivity index (χ1) is 9.74. The second-order valence-electron chi connectivity index (χ2n) is 4.69. The number of pyridine rings is 1. The zero-order valence-electron chi connectivity index (χ0n) is 10.8. The van der Waals surface area contributed by atoms with Crippen LogP contribution < -0.4 is 10.6 Å². The number of para-hydroxylation sites is 1. The van der Waals surface area contributed by atoms with Gasteiger partial charge in [0.1, 0.15) is 5.82 Å². The van der Waals surface area contributed by atoms with Gasteiger partial charge >= 0.3 is 0 Å². The number of rotatable bonds is 2. The smallest absolute Gasteiger partial charge is 0.233 e. The van der Waals surface area contributed by atoms with E-state index < -0.39 is 5.95 Å². The van der Waals surface area contributed by atoms with Gasteiger partial charge < -0.3 is 10.6 Å². The van der Waals surface area contributed by atoms with Crippen LogP contribution in [-0.2, 0) is 4.79 Å². The largest absolute Gasteiger partial charge is 0.385 e. The summed E-state index contributed by atoms with van der Waals surface area (Å²) in [6.45, 7) is 0.742. The molecule has 4 nitrogen and oxygen atoms in total. The van der Waals surface area contributed by atoms with E-state index in [0.717, 1.165) is 17.8 Å². The highest BCUT2D eigenvalue weighted by atomic mass is 19.1. The molecule has 0 radical (unpaired) electrons. The van der Waals surface area contributed by atoms with E-state index in [1.165, 1.54) is 12.1 Å². The summed E-state index contributed by atoms with van der Waals surface area (Å²) in [5.74, 6) is -0.755. The minimum Gasteiger partial charge on any atom is -0.385 e. The Kier molecular flexibility index (Phi) is 3.33. The van der Waals surface area contributed by atoms with E-state index >= 15 is 0 Å². The average molecular weight is 271 g/mol. The summed E-state index contributed by atoms with van der Waals surface area (Å²) in [7, 11) is 0. The molecule has 1 amide bonds. The second kappa shape index (κ2) is 5.28. The number of nitrogens with zero attached hydrogens (tertiary/aromatic N) is 1. The first-order valence-corrected chi connectivity index (χ1v) is 6.50. The number of halogens is 1. The van der Waals surface area contributed by atoms with Crippen molar-refractivity contribution in [2.24, 2.45) is 0 Å². The summed E-state index contributed by atoms with van der Waals surface area (Å²) in [4.78, 5) is 16.0. The van der Waals surface area contributed by atoms with Crippen molar-refractivity contribution in [3.8, 4) is 0 Å². The molecule has 0 bridgehead atoms. The van der Waals surface area contributed by atoms with Crippen LogP contribution >= 0.6 is 0 Å². The summed E-state index contributed by atoms with van der Waals surface area (Å²) >= 11 is 0. The van der Waals surface area contributed by atoms with Crippen molar-refractivity contribution >= 4 is 17.4 Å². The number of fused-ring (bicyclic) bond motifs is 1. The zero-order valence-corrected chi connectivity index (χ0v) is 10.8. The Morgan fingerprint density at radius 1 is 1.25 bits per heavy atom. The molecule has 3 rings (SSSR count). The van der Waals surface area contributed by atoms with Crippen molar-refractivity contribution in [3.05, 3.63) is 54.0 Å². The molecule has 102 valence electrons. The topological polar surface area (TPSA) is 54.0 Å². The molecule has 1 atom stereocenters. The minimum atomic E-state index is -0.603. The lowest BCUT2D eigenvalue weighted by Gasteiger charge is -2.25. The lowest BCUT2D eigenvalue weighted by molar-refractivity contribution is -0.117. The number of carbonyl (C=O) groups excluding carboxylic acids is 1. The first-order valence-electron chi connectivity index (χ1n) is 6.50. The van der Waals surface area contributed by atoms with Gasteiger partial charge in [-0.1, -0.05) is 24.3 Å². The summed E-state index contributed by atoms with van der Waals surface area (Å²) in [6, 6.07) is 12.1. The molecule has 1 aromatic carbocycles. The van der Waals surface area contributed by atoms with Crippen LogP contribution in [0, 0.1) is 5.95 Å². The van der Waals surface area contributed by atoms with Crippen LogP contribution in [0.15, 0.2) is 42.5 Å². The lowest BCUT2D eigenvalue weighted by atomic mass is 9.90. The Morgan fingerprint density at radius 3 is 2.95 bits per heavy atom. The Balaban J connectivity index is 1.82. The fourth-order valence-electron chi connectivity index (χ4n) is 2.43. The predicted molar refractivity (Wildman–Crippen MR) is 75.1 cm³/mol. The van der Waals surface area contributed by atoms with Gasteiger partial charge in [-0.2, -0.15) is 4.39 Å². The van der Waals surface area contributed by atoms with E-state index in [0.29, 0.717) is 6.42 Å². The summed E-state index contributed by atoms with van der Waals surface area (Å²) in [6.07, 6.45) is 0.707. The molecule has 20 heavy (non-hydrogen) atoms. The lowest BCUT2D eigenvalue weighted by Crippen LogP contribution is -2.27. The SMILES string of the molecule is O=C(Nc1cccc(F)n1)C1CCNc2ccccc21. The van der Waals surface area contributed by atoms with E-state index in [9.17, 15) is 9.18 Å². The monoisotopic (exact) mass is 271 g/mol. The van der Waals surface area contributed by atoms with E-state index in [2.05, 4.69) is 15.6 Å². The number of hydrogen-bond acceptors (Lipinski definition) is 3. The third kappa shape index (κ3) is 2.47. The van der Waals surface area contributed by atoms with Crippen LogP contribution in [0.2, 0.25) is 0 Å². The van der Waals surface area contributed by atoms with Gasteiger partial charge in [0, 0.05) is 12.2 Å². The van der Waals surface area contributed by atoms with Crippen LogP contribution in [0.3, 0.4) is 0 Å². The number of anilines is 2. The van der Waals surface area contributed by atoms with E-state index in [-0.39, 0.29) is 17.6 Å². The van der Waals surface area contributed by atoms with Gasteiger partial charge in [0.15, 0.2) is 0 Å². The molecule has 1 aliphatic rings. The average Bonchev–Trinajstić information content (AvgIpc) is 2.46. The molecule has 0 fully saturated rings. The van der Waals surface area contributed by atoms with Gasteiger partial charge in [-0.15, -0.1) is 0 Å². The Morgan fingerprint density at radius 2 is 2.10 bits per heavy atom. The highest BCUT2D eigenvalue weighted by molar-refractivity contribution is 5.96. The van der Waals surface area contributed by atoms with Crippen LogP contribution in [0.25, 0.3) is 0 Å². The maximum Gasteiger partial charge on any atom is 0.233 e. The number of amides is 1. The third-order valence-electron chi connectivity index (χ3n) is 3.37. The van der Waals surface area contributed by atoms with Crippen LogP contribution in [-0.4, -0.2) is 17.4 Å². The quantitative estimate of drug-likeness (QED) is 0.826. The molecule has 0 spiro atoms. The highest BCUT2D eigenvalue weighted by Gasteiger charge is 2.26. The minimum absolute atomic E-state index is 0.156. The van der Waals surface area contributed by atoms with Crippen molar-refractivity contribution in [1.29, 1.82) is 0 Å². The molecule has 1 unspecified atom stereocenters. The van der Waals surface area contributed by atoms with Crippen molar-refractivity contribution < 1.29 is 9.18 Å². The molecule has 0 saturated carbocycles. The molecule has 1 aliphatic heterocycles. The molecule has 2 heterocycles. The molecule has 5 heteroatoms. The molecule has 2 aromatic rings. The summed E-state index contributed by atoms with van der Waals surface area (Å²) in [5.41, 5.74) is 1.94. The number of nitrogens with one attached hydrogen (secondary N) is 2. The second-order valence-corrected chi connectivity index (χ2v) is 4.69. The first kappa shape index (κ1) is 12.6. The van der Waals surface area contributed by atoms with E-state index in [4.69, 9.17) is 0 Å². The summed E-state index contributed by atoms with van der Waals surface area (Å²) in [5, 5.41) is 5.94. The summed E-state index contributed by atoms with van der Waals surface area (Å²) < 4.78 is 13.0. The standard InChI is InChI=1S/C15H14FN3O/c16-13-6-3-7-14(18-13)19-15(20)11-8-9-17-12-5-2-1-4-10(11)12/h1-7,11,17H,8-9H2,(H,18,19,20). The van der Waals surface area contributed by atoms with Gasteiger partial charge in [-0.25, -0.2) is 4.98 Å². The van der Waals surface area contributed by atoms with E-state index in [1.807, 2.05) is 24.3 Å². The molecular weight excluding hydrogens is 257 g/mol. The maximum absolute atomic E-state index is 13.0. The number of carbonyl (C=O) groups is 1. The fraction of sp³-hybridized carbons (Fsp3) is 0.200. The van der Waals surface area contributed by atoms with Gasteiger partial charge in [-0.3, -0.25) is 4.79 Å². The number of aromatic nitrogens is 1. The zero-order chi connectivity index (χ0) is 13.9. The molecular formula is C15H14FN3O. The van der Waals surface area contributed by atoms with Gasteiger partial charge in [0.2, 0.25) is 11.9 Å². The van der Waals surface area contributed by atoms with Gasteiger partial charge in [0.05, 0.1) is 5.92 Å². The highest BCUT2D eigenvalue weighted by Crippen LogP contribution is 2.31. The van der Waals surface area contributed by atoms with Crippen molar-refractivity contribution in [1.82, 2.24) is 4.98 Å². The number of benzene rings is 1. The Hall–Kier alpha value is -2.43. The molecule has 2 N–H and O–H groups in total. The van der Waals surface area contributed by atoms with Crippen LogP contribution in [0.1, 0.15) is 17.9 Å². The Labute approximate surface area is 116 Å². The van der Waals surface area contributed by atoms with E-state index in [1.54, 1.807) is 6.07 Å². The van der Waals surface area contributed by atoms with Crippen molar-refractivity contribution in [2.75, 3.05) is 17.2 Å². The third-order valence-corrected chi connectivity index (χ3v) is 3.37. The molecule has 0 saturated heterocycles. The Bertz CT molecular complexity index is 645. The van der Waals surface area contributed by atoms with Gasteiger partial charge in [-0.05, 0) is 30.2 Å². The van der Waals surface area contributed by atoms with Crippen molar-refractivity contribution in [3.63, 3.8) is 0 Å².